The minimum Gasteiger partial charge on any atom is -0.497 e. The summed E-state index contributed by atoms with van der Waals surface area (Å²) in [6.45, 7) is 1.43. The molecule has 1 saturated heterocycles. The number of methoxy groups -OCH3 is 1. The average molecular weight is 437 g/mol. The van der Waals surface area contributed by atoms with E-state index in [1.807, 2.05) is 24.3 Å². The van der Waals surface area contributed by atoms with Crippen LogP contribution >= 0.6 is 0 Å². The maximum absolute atomic E-state index is 13.1. The molecule has 1 heterocycles. The standard InChI is InChI=1S/C25H28N2O5/c1-31-21-9-5-6-19(12-21)13-26-14-22(32-17-18-10-11-18)15-27(16-23(26)28)25(30)24(29)20-7-3-2-4-8-20/h2-9,12,18,22H,10-11,13-17H2,1H3. The van der Waals surface area contributed by atoms with Gasteiger partial charge in [-0.25, -0.2) is 0 Å². The zero-order valence-corrected chi connectivity index (χ0v) is 18.2. The molecule has 168 valence electrons. The van der Waals surface area contributed by atoms with Crippen LogP contribution in [-0.4, -0.2) is 66.9 Å². The molecule has 0 spiro atoms. The van der Waals surface area contributed by atoms with Gasteiger partial charge in [0.1, 0.15) is 12.3 Å². The van der Waals surface area contributed by atoms with Crippen LogP contribution in [-0.2, 0) is 20.9 Å². The largest absolute Gasteiger partial charge is 0.497 e. The zero-order chi connectivity index (χ0) is 22.5. The van der Waals surface area contributed by atoms with Crippen LogP contribution in [0.15, 0.2) is 54.6 Å². The Labute approximate surface area is 187 Å². The first-order valence-corrected chi connectivity index (χ1v) is 10.9. The van der Waals surface area contributed by atoms with Crippen molar-refractivity contribution in [2.24, 2.45) is 5.92 Å². The third kappa shape index (κ3) is 5.53. The van der Waals surface area contributed by atoms with Crippen molar-refractivity contribution in [2.45, 2.75) is 25.5 Å². The van der Waals surface area contributed by atoms with Gasteiger partial charge in [0.15, 0.2) is 0 Å². The molecular formula is C25H28N2O5. The second-order valence-corrected chi connectivity index (χ2v) is 8.41. The summed E-state index contributed by atoms with van der Waals surface area (Å²) in [7, 11) is 1.60. The Kier molecular flexibility index (Phi) is 6.85. The molecule has 7 heteroatoms. The number of ether oxygens (including phenoxy) is 2. The number of hydrogen-bond acceptors (Lipinski definition) is 5. The van der Waals surface area contributed by atoms with E-state index in [0.29, 0.717) is 31.2 Å². The van der Waals surface area contributed by atoms with Crippen LogP contribution in [0, 0.1) is 5.92 Å². The number of benzene rings is 2. The minimum atomic E-state index is -0.673. The lowest BCUT2D eigenvalue weighted by atomic mass is 10.1. The van der Waals surface area contributed by atoms with Crippen LogP contribution in [0.4, 0.5) is 0 Å². The van der Waals surface area contributed by atoms with Crippen LogP contribution in [0.3, 0.4) is 0 Å². The molecule has 2 aromatic rings. The smallest absolute Gasteiger partial charge is 0.295 e. The Bertz CT molecular complexity index is 973. The minimum absolute atomic E-state index is 0.148. The van der Waals surface area contributed by atoms with E-state index in [1.54, 1.807) is 42.3 Å². The molecule has 4 rings (SSSR count). The first kappa shape index (κ1) is 22.0. The van der Waals surface area contributed by atoms with Gasteiger partial charge in [0.2, 0.25) is 11.7 Å². The lowest BCUT2D eigenvalue weighted by molar-refractivity contribution is -0.136. The van der Waals surface area contributed by atoms with Crippen molar-refractivity contribution >= 4 is 17.6 Å². The number of rotatable bonds is 8. The highest BCUT2D eigenvalue weighted by atomic mass is 16.5. The van der Waals surface area contributed by atoms with E-state index in [0.717, 1.165) is 24.2 Å². The maximum Gasteiger partial charge on any atom is 0.295 e. The first-order valence-electron chi connectivity index (χ1n) is 10.9. The molecule has 7 nitrogen and oxygen atoms in total. The van der Waals surface area contributed by atoms with Crippen molar-refractivity contribution in [3.05, 3.63) is 65.7 Å². The highest BCUT2D eigenvalue weighted by Crippen LogP contribution is 2.29. The predicted molar refractivity (Wildman–Crippen MR) is 118 cm³/mol. The quantitative estimate of drug-likeness (QED) is 0.470. The van der Waals surface area contributed by atoms with E-state index in [-0.39, 0.29) is 25.1 Å². The summed E-state index contributed by atoms with van der Waals surface area (Å²) >= 11 is 0. The van der Waals surface area contributed by atoms with Crippen molar-refractivity contribution < 1.29 is 23.9 Å². The van der Waals surface area contributed by atoms with E-state index in [9.17, 15) is 14.4 Å². The van der Waals surface area contributed by atoms with Gasteiger partial charge in [-0.1, -0.05) is 42.5 Å². The lowest BCUT2D eigenvalue weighted by Crippen LogP contribution is -2.43. The fourth-order valence-corrected chi connectivity index (χ4v) is 3.80. The van der Waals surface area contributed by atoms with Gasteiger partial charge in [0.25, 0.3) is 5.91 Å². The summed E-state index contributed by atoms with van der Waals surface area (Å²) in [4.78, 5) is 41.8. The van der Waals surface area contributed by atoms with Crippen molar-refractivity contribution in [2.75, 3.05) is 33.4 Å². The van der Waals surface area contributed by atoms with Gasteiger partial charge in [0.05, 0.1) is 13.2 Å². The molecule has 1 atom stereocenters. The number of Topliss-reactive ketones (excluding diaryl/α,β-unsaturated/α-hetero) is 1. The Balaban J connectivity index is 1.51. The molecule has 1 aliphatic heterocycles. The third-order valence-electron chi connectivity index (χ3n) is 5.82. The monoisotopic (exact) mass is 436 g/mol. The first-order chi connectivity index (χ1) is 15.5. The Morgan fingerprint density at radius 2 is 1.81 bits per heavy atom. The van der Waals surface area contributed by atoms with Gasteiger partial charge < -0.3 is 19.3 Å². The van der Waals surface area contributed by atoms with Crippen molar-refractivity contribution in [1.82, 2.24) is 9.80 Å². The molecular weight excluding hydrogens is 408 g/mol. The molecule has 2 aliphatic rings. The number of ketones is 1. The van der Waals surface area contributed by atoms with Crippen molar-refractivity contribution in [3.8, 4) is 5.75 Å². The molecule has 2 fully saturated rings. The zero-order valence-electron chi connectivity index (χ0n) is 18.2. The molecule has 2 aromatic carbocycles. The van der Waals surface area contributed by atoms with Gasteiger partial charge in [-0.3, -0.25) is 14.4 Å². The van der Waals surface area contributed by atoms with E-state index in [4.69, 9.17) is 9.47 Å². The number of carbonyl (C=O) groups excluding carboxylic acids is 3. The number of amides is 2. The van der Waals surface area contributed by atoms with E-state index < -0.39 is 11.7 Å². The summed E-state index contributed by atoms with van der Waals surface area (Å²) in [5.74, 6) is -0.222. The number of carbonyl (C=O) groups is 3. The predicted octanol–water partition coefficient (Wildman–Crippen LogP) is 2.54. The van der Waals surface area contributed by atoms with Crippen molar-refractivity contribution in [1.29, 1.82) is 0 Å². The molecule has 2 amide bonds. The average Bonchev–Trinajstić information content (AvgIpc) is 3.66. The Hall–Kier alpha value is -3.19. The maximum atomic E-state index is 13.1. The van der Waals surface area contributed by atoms with Gasteiger partial charge >= 0.3 is 0 Å². The molecule has 0 N–H and O–H groups in total. The molecule has 0 radical (unpaired) electrons. The van der Waals surface area contributed by atoms with Crippen LogP contribution in [0.2, 0.25) is 0 Å². The topological polar surface area (TPSA) is 76.2 Å². The molecule has 0 aromatic heterocycles. The fraction of sp³-hybridized carbons (Fsp3) is 0.400. The molecule has 1 saturated carbocycles. The van der Waals surface area contributed by atoms with Gasteiger partial charge in [-0.05, 0) is 36.5 Å². The number of hydrogen-bond donors (Lipinski definition) is 0. The Morgan fingerprint density at radius 3 is 2.53 bits per heavy atom. The third-order valence-corrected chi connectivity index (χ3v) is 5.82. The summed E-state index contributed by atoms with van der Waals surface area (Å²) in [6.07, 6.45) is 1.95. The van der Waals surface area contributed by atoms with Crippen LogP contribution in [0.5, 0.6) is 5.75 Å². The van der Waals surface area contributed by atoms with Gasteiger partial charge in [-0.15, -0.1) is 0 Å². The highest BCUT2D eigenvalue weighted by molar-refractivity contribution is 6.42. The van der Waals surface area contributed by atoms with Crippen LogP contribution in [0.1, 0.15) is 28.8 Å². The van der Waals surface area contributed by atoms with Crippen LogP contribution in [0.25, 0.3) is 0 Å². The van der Waals surface area contributed by atoms with E-state index in [2.05, 4.69) is 0 Å². The second kappa shape index (κ2) is 9.96. The van der Waals surface area contributed by atoms with Gasteiger partial charge in [0, 0.05) is 31.8 Å². The summed E-state index contributed by atoms with van der Waals surface area (Å²) in [6, 6.07) is 16.0. The summed E-state index contributed by atoms with van der Waals surface area (Å²) in [5, 5.41) is 0. The highest BCUT2D eigenvalue weighted by Gasteiger charge is 2.34. The van der Waals surface area contributed by atoms with Crippen molar-refractivity contribution in [3.63, 3.8) is 0 Å². The molecule has 1 unspecified atom stereocenters. The van der Waals surface area contributed by atoms with Gasteiger partial charge in [-0.2, -0.15) is 0 Å². The van der Waals surface area contributed by atoms with E-state index in [1.165, 1.54) is 4.90 Å². The van der Waals surface area contributed by atoms with Crippen LogP contribution < -0.4 is 4.74 Å². The number of nitrogens with zero attached hydrogens (tertiary/aromatic N) is 2. The summed E-state index contributed by atoms with van der Waals surface area (Å²) < 4.78 is 11.4. The molecule has 32 heavy (non-hydrogen) atoms. The second-order valence-electron chi connectivity index (χ2n) is 8.41. The lowest BCUT2D eigenvalue weighted by Gasteiger charge is -2.25. The summed E-state index contributed by atoms with van der Waals surface area (Å²) in [5.41, 5.74) is 1.25. The SMILES string of the molecule is COc1cccc(CN2CC(OCC3CC3)CN(C(=O)C(=O)c3ccccc3)CC2=O)c1. The molecule has 0 bridgehead atoms. The Morgan fingerprint density at radius 1 is 1.03 bits per heavy atom. The normalized spacial score (nSPS) is 18.9. The van der Waals surface area contributed by atoms with E-state index >= 15 is 0 Å². The fourth-order valence-electron chi connectivity index (χ4n) is 3.80. The molecule has 1 aliphatic carbocycles.